The summed E-state index contributed by atoms with van der Waals surface area (Å²) >= 11 is 0. The Morgan fingerprint density at radius 2 is 1.08 bits per heavy atom. The van der Waals surface area contributed by atoms with Gasteiger partial charge in [-0.05, 0) is 30.1 Å². The van der Waals surface area contributed by atoms with E-state index in [2.05, 4.69) is 26.0 Å². The van der Waals surface area contributed by atoms with Crippen molar-refractivity contribution in [1.29, 1.82) is 0 Å². The number of allylic oxidation sites excluding steroid dienone is 2. The van der Waals surface area contributed by atoms with Gasteiger partial charge in [0.2, 0.25) is 0 Å². The molecular formula is C13H26. The van der Waals surface area contributed by atoms with E-state index in [1.807, 2.05) is 27.7 Å². The Balaban J connectivity index is 0.000000322. The van der Waals surface area contributed by atoms with Gasteiger partial charge in [0.25, 0.3) is 0 Å². The smallest absolute Gasteiger partial charge is 0.0199 e. The molecule has 0 aromatic heterocycles. The first-order valence-electron chi connectivity index (χ1n) is 5.97. The zero-order valence-corrected chi connectivity index (χ0v) is 10.2. The fourth-order valence-corrected chi connectivity index (χ4v) is 2.32. The van der Waals surface area contributed by atoms with Crippen molar-refractivity contribution in [3.05, 3.63) is 12.2 Å². The van der Waals surface area contributed by atoms with Crippen LogP contribution in [0.4, 0.5) is 0 Å². The molecule has 2 aliphatic rings. The SMILES string of the molecule is CC.CC.CC1C2C=CC(C2)C1C. The standard InChI is InChI=1S/C9H14.2C2H6/c1-6-7(2)9-4-3-8(6)5-9;2*1-2/h3-4,6-9H,5H2,1-2H3;2*1-2H3. The molecule has 13 heavy (non-hydrogen) atoms. The highest BCUT2D eigenvalue weighted by Gasteiger charge is 2.38. The van der Waals surface area contributed by atoms with Crippen LogP contribution in [0, 0.1) is 23.7 Å². The van der Waals surface area contributed by atoms with Crippen molar-refractivity contribution in [1.82, 2.24) is 0 Å². The minimum Gasteiger partial charge on any atom is -0.0848 e. The van der Waals surface area contributed by atoms with E-state index in [1.165, 1.54) is 6.42 Å². The molecule has 4 unspecified atom stereocenters. The van der Waals surface area contributed by atoms with E-state index in [4.69, 9.17) is 0 Å². The molecule has 2 bridgehead atoms. The zero-order valence-electron chi connectivity index (χ0n) is 10.2. The van der Waals surface area contributed by atoms with Crippen molar-refractivity contribution in [2.75, 3.05) is 0 Å². The monoisotopic (exact) mass is 182 g/mol. The third kappa shape index (κ3) is 2.59. The quantitative estimate of drug-likeness (QED) is 0.483. The second-order valence-electron chi connectivity index (χ2n) is 3.67. The summed E-state index contributed by atoms with van der Waals surface area (Å²) in [6.45, 7) is 12.8. The maximum Gasteiger partial charge on any atom is -0.0199 e. The van der Waals surface area contributed by atoms with Gasteiger partial charge in [0.1, 0.15) is 0 Å². The molecule has 0 heteroatoms. The molecule has 1 fully saturated rings. The second-order valence-corrected chi connectivity index (χ2v) is 3.67. The van der Waals surface area contributed by atoms with E-state index in [-0.39, 0.29) is 0 Å². The molecule has 0 aromatic rings. The molecular weight excluding hydrogens is 156 g/mol. The molecule has 0 heterocycles. The van der Waals surface area contributed by atoms with Crippen molar-refractivity contribution >= 4 is 0 Å². The van der Waals surface area contributed by atoms with E-state index in [1.54, 1.807) is 0 Å². The van der Waals surface area contributed by atoms with Crippen molar-refractivity contribution in [3.8, 4) is 0 Å². The van der Waals surface area contributed by atoms with Gasteiger partial charge in [0.05, 0.1) is 0 Å². The van der Waals surface area contributed by atoms with Crippen LogP contribution in [0.3, 0.4) is 0 Å². The Kier molecular flexibility index (Phi) is 6.11. The first-order valence-corrected chi connectivity index (χ1v) is 5.97. The van der Waals surface area contributed by atoms with Gasteiger partial charge in [-0.3, -0.25) is 0 Å². The summed E-state index contributed by atoms with van der Waals surface area (Å²) in [5.41, 5.74) is 0. The summed E-state index contributed by atoms with van der Waals surface area (Å²) < 4.78 is 0. The molecule has 0 aromatic carbocycles. The number of hydrogen-bond donors (Lipinski definition) is 0. The summed E-state index contributed by atoms with van der Waals surface area (Å²) in [5, 5.41) is 0. The van der Waals surface area contributed by atoms with Gasteiger partial charge in [0.15, 0.2) is 0 Å². The van der Waals surface area contributed by atoms with Gasteiger partial charge in [-0.2, -0.15) is 0 Å². The van der Waals surface area contributed by atoms with E-state index < -0.39 is 0 Å². The van der Waals surface area contributed by atoms with Gasteiger partial charge < -0.3 is 0 Å². The Morgan fingerprint density at radius 3 is 1.23 bits per heavy atom. The molecule has 0 spiro atoms. The lowest BCUT2D eigenvalue weighted by Gasteiger charge is -2.19. The van der Waals surface area contributed by atoms with Gasteiger partial charge in [-0.1, -0.05) is 53.7 Å². The predicted octanol–water partition coefficient (Wildman–Crippen LogP) is 4.52. The maximum atomic E-state index is 2.41. The Bertz CT molecular complexity index is 130. The first-order chi connectivity index (χ1) is 6.29. The highest BCUT2D eigenvalue weighted by molar-refractivity contribution is 5.11. The summed E-state index contributed by atoms with van der Waals surface area (Å²) in [4.78, 5) is 0. The molecule has 0 saturated heterocycles. The lowest BCUT2D eigenvalue weighted by molar-refractivity contribution is 0.364. The fraction of sp³-hybridized carbons (Fsp3) is 0.846. The average Bonchev–Trinajstić information content (AvgIpc) is 2.78. The molecule has 0 aliphatic heterocycles. The molecule has 78 valence electrons. The third-order valence-corrected chi connectivity index (χ3v) is 3.33. The Morgan fingerprint density at radius 1 is 0.769 bits per heavy atom. The van der Waals surface area contributed by atoms with Crippen LogP contribution < -0.4 is 0 Å². The van der Waals surface area contributed by atoms with Crippen LogP contribution in [0.15, 0.2) is 12.2 Å². The topological polar surface area (TPSA) is 0 Å². The lowest BCUT2D eigenvalue weighted by Crippen LogP contribution is -2.12. The Hall–Kier alpha value is -0.260. The van der Waals surface area contributed by atoms with Gasteiger partial charge in [-0.25, -0.2) is 0 Å². The normalized spacial score (nSPS) is 38.9. The number of hydrogen-bond acceptors (Lipinski definition) is 0. The second kappa shape index (κ2) is 6.23. The Labute approximate surface area is 84.4 Å². The van der Waals surface area contributed by atoms with Crippen molar-refractivity contribution < 1.29 is 0 Å². The first kappa shape index (κ1) is 12.7. The summed E-state index contributed by atoms with van der Waals surface area (Å²) in [7, 11) is 0. The van der Waals surface area contributed by atoms with E-state index in [9.17, 15) is 0 Å². The van der Waals surface area contributed by atoms with Crippen molar-refractivity contribution in [2.24, 2.45) is 23.7 Å². The minimum atomic E-state index is 0.935. The highest BCUT2D eigenvalue weighted by atomic mass is 14.4. The summed E-state index contributed by atoms with van der Waals surface area (Å²) in [6, 6.07) is 0. The molecule has 0 radical (unpaired) electrons. The number of rotatable bonds is 0. The largest absolute Gasteiger partial charge is 0.0848 e. The molecule has 0 nitrogen and oxygen atoms in total. The molecule has 0 N–H and O–H groups in total. The van der Waals surface area contributed by atoms with Crippen LogP contribution in [0.2, 0.25) is 0 Å². The highest BCUT2D eigenvalue weighted by Crippen LogP contribution is 2.47. The van der Waals surface area contributed by atoms with E-state index in [0.29, 0.717) is 0 Å². The summed E-state index contributed by atoms with van der Waals surface area (Å²) in [5.74, 6) is 3.79. The van der Waals surface area contributed by atoms with Crippen LogP contribution >= 0.6 is 0 Å². The predicted molar refractivity (Wildman–Crippen MR) is 61.8 cm³/mol. The van der Waals surface area contributed by atoms with E-state index >= 15 is 0 Å². The van der Waals surface area contributed by atoms with Crippen LogP contribution in [0.25, 0.3) is 0 Å². The zero-order chi connectivity index (χ0) is 10.4. The van der Waals surface area contributed by atoms with Crippen LogP contribution in [-0.4, -0.2) is 0 Å². The molecule has 0 amide bonds. The van der Waals surface area contributed by atoms with Crippen LogP contribution in [-0.2, 0) is 0 Å². The summed E-state index contributed by atoms with van der Waals surface area (Å²) in [6.07, 6.45) is 6.27. The molecule has 1 saturated carbocycles. The average molecular weight is 182 g/mol. The van der Waals surface area contributed by atoms with Crippen molar-refractivity contribution in [3.63, 3.8) is 0 Å². The number of fused-ring (bicyclic) bond motifs is 2. The van der Waals surface area contributed by atoms with E-state index in [0.717, 1.165) is 23.7 Å². The van der Waals surface area contributed by atoms with Crippen molar-refractivity contribution in [2.45, 2.75) is 48.0 Å². The molecule has 2 aliphatic carbocycles. The third-order valence-electron chi connectivity index (χ3n) is 3.33. The minimum absolute atomic E-state index is 0.935. The molecule has 4 atom stereocenters. The maximum absolute atomic E-state index is 2.41. The van der Waals surface area contributed by atoms with Gasteiger partial charge >= 0.3 is 0 Å². The van der Waals surface area contributed by atoms with Gasteiger partial charge in [-0.15, -0.1) is 0 Å². The fourth-order valence-electron chi connectivity index (χ4n) is 2.32. The van der Waals surface area contributed by atoms with Gasteiger partial charge in [0, 0.05) is 0 Å². The van der Waals surface area contributed by atoms with Crippen LogP contribution in [0.1, 0.15) is 48.0 Å². The van der Waals surface area contributed by atoms with Crippen LogP contribution in [0.5, 0.6) is 0 Å². The molecule has 2 rings (SSSR count). The lowest BCUT2D eigenvalue weighted by atomic mass is 9.86.